The Morgan fingerprint density at radius 3 is 2.54 bits per heavy atom. The molecular weight excluding hydrogens is 261 g/mol. The van der Waals surface area contributed by atoms with Crippen LogP contribution in [0.1, 0.15) is 5.56 Å². The number of hydrogen-bond acceptors (Lipinski definition) is 2. The number of rotatable bonds is 1. The van der Waals surface area contributed by atoms with Gasteiger partial charge in [-0.2, -0.15) is 0 Å². The van der Waals surface area contributed by atoms with Crippen LogP contribution in [0.3, 0.4) is 0 Å². The van der Waals surface area contributed by atoms with E-state index in [1.165, 1.54) is 0 Å². The summed E-state index contributed by atoms with van der Waals surface area (Å²) in [5.41, 5.74) is 0.297. The first kappa shape index (κ1) is 11.0. The van der Waals surface area contributed by atoms with Gasteiger partial charge in [0, 0.05) is 9.94 Å². The van der Waals surface area contributed by atoms with Crippen LogP contribution in [0.2, 0.25) is 5.02 Å². The quantitative estimate of drug-likeness (QED) is 0.593. The molecule has 0 heterocycles. The molecule has 2 N–H and O–H groups in total. The van der Waals surface area contributed by atoms with Crippen LogP contribution in [0.5, 0.6) is 0 Å². The number of aryl methyl sites for hydroxylation is 1. The fraction of sp³-hybridized carbons (Fsp3) is 0.143. The van der Waals surface area contributed by atoms with Crippen LogP contribution in [0.25, 0.3) is 0 Å². The second-order valence-corrected chi connectivity index (χ2v) is 3.76. The van der Waals surface area contributed by atoms with E-state index in [9.17, 15) is 4.39 Å². The van der Waals surface area contributed by atoms with Crippen molar-refractivity contribution >= 4 is 40.1 Å². The molecule has 0 aliphatic rings. The van der Waals surface area contributed by atoms with Gasteiger partial charge in [0.25, 0.3) is 0 Å². The van der Waals surface area contributed by atoms with Gasteiger partial charge in [-0.25, -0.2) is 4.39 Å². The first-order valence-electron chi connectivity index (χ1n) is 3.45. The van der Waals surface area contributed by atoms with Gasteiger partial charge in [-0.05, 0) is 34.5 Å². The van der Waals surface area contributed by atoms with E-state index in [0.717, 1.165) is 6.07 Å². The molecule has 0 atom stereocenters. The molecule has 0 aromatic heterocycles. The predicted molar refractivity (Wildman–Crippen MR) is 53.7 cm³/mol. The lowest BCUT2D eigenvalue weighted by molar-refractivity contribution is 0.422. The zero-order valence-electron chi connectivity index (χ0n) is 6.68. The molecule has 0 saturated carbocycles. The highest BCUT2D eigenvalue weighted by atomic mass is 79.9. The molecular formula is C7H6BBrClFO2. The molecule has 0 bridgehead atoms. The van der Waals surface area contributed by atoms with E-state index in [4.69, 9.17) is 21.6 Å². The summed E-state index contributed by atoms with van der Waals surface area (Å²) in [4.78, 5) is 0. The minimum Gasteiger partial charge on any atom is -0.423 e. The van der Waals surface area contributed by atoms with Gasteiger partial charge < -0.3 is 10.0 Å². The van der Waals surface area contributed by atoms with Gasteiger partial charge in [-0.1, -0.05) is 11.6 Å². The van der Waals surface area contributed by atoms with Crippen molar-refractivity contribution < 1.29 is 14.4 Å². The second kappa shape index (κ2) is 3.96. The largest absolute Gasteiger partial charge is 0.492 e. The third kappa shape index (κ3) is 2.04. The minimum absolute atomic E-state index is 0.182. The zero-order valence-corrected chi connectivity index (χ0v) is 9.02. The van der Waals surface area contributed by atoms with Gasteiger partial charge in [-0.15, -0.1) is 0 Å². The van der Waals surface area contributed by atoms with Crippen LogP contribution < -0.4 is 5.46 Å². The highest BCUT2D eigenvalue weighted by Gasteiger charge is 2.22. The van der Waals surface area contributed by atoms with Gasteiger partial charge in [0.05, 0.1) is 5.02 Å². The third-order valence-electron chi connectivity index (χ3n) is 1.63. The molecule has 0 aliphatic heterocycles. The summed E-state index contributed by atoms with van der Waals surface area (Å²) in [7, 11) is -1.87. The molecule has 0 saturated heterocycles. The smallest absolute Gasteiger partial charge is 0.423 e. The first-order valence-corrected chi connectivity index (χ1v) is 4.62. The van der Waals surface area contributed by atoms with E-state index in [0.29, 0.717) is 5.56 Å². The third-order valence-corrected chi connectivity index (χ3v) is 3.17. The zero-order chi connectivity index (χ0) is 10.2. The standard InChI is InChI=1S/C7H6BBrClFO2/c1-3-2-4(11)5(8(12)13)6(9)7(3)10/h2,12-13H,1H3. The SMILES string of the molecule is Cc1cc(F)c(B(O)O)c(Br)c1Cl. The van der Waals surface area contributed by atoms with Gasteiger partial charge in [0.2, 0.25) is 0 Å². The molecule has 0 aliphatic carbocycles. The molecule has 70 valence electrons. The van der Waals surface area contributed by atoms with Crippen molar-refractivity contribution in [3.63, 3.8) is 0 Å². The van der Waals surface area contributed by atoms with E-state index in [1.807, 2.05) is 0 Å². The molecule has 6 heteroatoms. The highest BCUT2D eigenvalue weighted by Crippen LogP contribution is 2.25. The van der Waals surface area contributed by atoms with E-state index in [-0.39, 0.29) is 15.0 Å². The topological polar surface area (TPSA) is 40.5 Å². The maximum atomic E-state index is 13.1. The Labute approximate surface area is 88.6 Å². The lowest BCUT2D eigenvalue weighted by Crippen LogP contribution is -2.34. The number of hydrogen-bond donors (Lipinski definition) is 2. The second-order valence-electron chi connectivity index (χ2n) is 2.59. The molecule has 0 amide bonds. The maximum Gasteiger partial charge on any atom is 0.492 e. The van der Waals surface area contributed by atoms with Crippen LogP contribution in [0.15, 0.2) is 10.5 Å². The average Bonchev–Trinajstić information content (AvgIpc) is 1.99. The fourth-order valence-corrected chi connectivity index (χ4v) is 1.83. The monoisotopic (exact) mass is 266 g/mol. The minimum atomic E-state index is -1.87. The molecule has 0 fully saturated rings. The summed E-state index contributed by atoms with van der Waals surface area (Å²) in [5.74, 6) is -0.691. The Balaban J connectivity index is 3.44. The van der Waals surface area contributed by atoms with E-state index < -0.39 is 12.9 Å². The molecule has 0 unspecified atom stereocenters. The number of benzene rings is 1. The molecule has 1 aromatic carbocycles. The van der Waals surface area contributed by atoms with E-state index in [1.54, 1.807) is 6.92 Å². The van der Waals surface area contributed by atoms with Crippen molar-refractivity contribution in [3.05, 3.63) is 26.9 Å². The van der Waals surface area contributed by atoms with Crippen LogP contribution in [0.4, 0.5) is 4.39 Å². The number of halogens is 3. The Morgan fingerprint density at radius 2 is 2.08 bits per heavy atom. The normalized spacial score (nSPS) is 10.3. The molecule has 0 spiro atoms. The van der Waals surface area contributed by atoms with E-state index in [2.05, 4.69) is 15.9 Å². The molecule has 1 rings (SSSR count). The van der Waals surface area contributed by atoms with Crippen LogP contribution in [-0.2, 0) is 0 Å². The highest BCUT2D eigenvalue weighted by molar-refractivity contribution is 9.10. The lowest BCUT2D eigenvalue weighted by Gasteiger charge is -2.08. The summed E-state index contributed by atoms with van der Waals surface area (Å²) in [5, 5.41) is 17.9. The van der Waals surface area contributed by atoms with Crippen molar-refractivity contribution in [2.24, 2.45) is 0 Å². The Hall–Kier alpha value is -0.0951. The summed E-state index contributed by atoms with van der Waals surface area (Å²) in [6, 6.07) is 1.15. The van der Waals surface area contributed by atoms with Gasteiger partial charge in [0.15, 0.2) is 0 Å². The van der Waals surface area contributed by atoms with Crippen molar-refractivity contribution in [2.75, 3.05) is 0 Å². The van der Waals surface area contributed by atoms with Crippen molar-refractivity contribution in [1.82, 2.24) is 0 Å². The van der Waals surface area contributed by atoms with Crippen LogP contribution >= 0.6 is 27.5 Å². The fourth-order valence-electron chi connectivity index (χ4n) is 0.964. The summed E-state index contributed by atoms with van der Waals surface area (Å²) in [6.45, 7) is 1.63. The Morgan fingerprint density at radius 1 is 1.54 bits per heavy atom. The van der Waals surface area contributed by atoms with Crippen LogP contribution in [0, 0.1) is 12.7 Å². The Kier molecular flexibility index (Phi) is 3.35. The predicted octanol–water partition coefficient (Wildman–Crippen LogP) is 1.23. The average molecular weight is 267 g/mol. The summed E-state index contributed by atoms with van der Waals surface area (Å²) in [6.07, 6.45) is 0. The molecule has 2 nitrogen and oxygen atoms in total. The van der Waals surface area contributed by atoms with Crippen LogP contribution in [-0.4, -0.2) is 17.2 Å². The van der Waals surface area contributed by atoms with Crippen molar-refractivity contribution in [1.29, 1.82) is 0 Å². The maximum absolute atomic E-state index is 13.1. The summed E-state index contributed by atoms with van der Waals surface area (Å²) < 4.78 is 13.3. The van der Waals surface area contributed by atoms with E-state index >= 15 is 0 Å². The lowest BCUT2D eigenvalue weighted by atomic mass is 9.79. The van der Waals surface area contributed by atoms with Crippen molar-refractivity contribution in [3.8, 4) is 0 Å². The first-order chi connectivity index (χ1) is 5.95. The van der Waals surface area contributed by atoms with Gasteiger partial charge in [-0.3, -0.25) is 0 Å². The van der Waals surface area contributed by atoms with Crippen molar-refractivity contribution in [2.45, 2.75) is 6.92 Å². The molecule has 1 aromatic rings. The van der Waals surface area contributed by atoms with Gasteiger partial charge in [0.1, 0.15) is 5.82 Å². The molecule has 0 radical (unpaired) electrons. The Bertz CT molecular complexity index is 346. The molecule has 13 heavy (non-hydrogen) atoms. The van der Waals surface area contributed by atoms with Gasteiger partial charge >= 0.3 is 7.12 Å². The summed E-state index contributed by atoms with van der Waals surface area (Å²) >= 11 is 8.75.